The first-order valence-corrected chi connectivity index (χ1v) is 0.612. The molecule has 9 heavy (non-hydrogen) atoms. The molecule has 0 spiro atoms. The minimum Gasteiger partial charge on any atom is -0.870 e. The predicted molar refractivity (Wildman–Crippen MR) is 15.0 cm³/mol. The molecule has 0 aliphatic carbocycles. The van der Waals surface area contributed by atoms with Crippen molar-refractivity contribution >= 4 is 29.2 Å². The van der Waals surface area contributed by atoms with Crippen molar-refractivity contribution in [1.29, 1.82) is 0 Å². The van der Waals surface area contributed by atoms with Crippen molar-refractivity contribution in [2.24, 2.45) is 0 Å². The van der Waals surface area contributed by atoms with E-state index in [-0.39, 0.29) is 93.1 Å². The van der Waals surface area contributed by atoms with Crippen LogP contribution in [0.3, 0.4) is 0 Å². The first-order chi connectivity index (χ1) is 1.73. The zero-order valence-corrected chi connectivity index (χ0v) is 10.7. The minimum atomic E-state index is -2.33. The summed E-state index contributed by atoms with van der Waals surface area (Å²) >= 11 is 0. The number of rotatable bonds is 0. The fraction of sp³-hybridized carbons (Fsp3) is 0. The Hall–Kier alpha value is 1.96. The van der Waals surface area contributed by atoms with E-state index in [9.17, 15) is 0 Å². The van der Waals surface area contributed by atoms with Crippen molar-refractivity contribution < 1.29 is 85.1 Å². The van der Waals surface area contributed by atoms with Gasteiger partial charge in [-0.3, -0.25) is 0 Å². The van der Waals surface area contributed by atoms with Crippen LogP contribution < -0.4 is 69.3 Å². The van der Waals surface area contributed by atoms with Crippen LogP contribution >= 0.6 is 0 Å². The largest absolute Gasteiger partial charge is 2.00 e. The van der Waals surface area contributed by atoms with Gasteiger partial charge in [-0.15, -0.1) is 0 Å². The molecule has 5 nitrogen and oxygen atoms in total. The minimum absolute atomic E-state index is 0. The molecule has 8 heteroatoms. The Morgan fingerprint density at radius 3 is 1.00 bits per heavy atom. The maximum Gasteiger partial charge on any atom is 2.00 e. The Labute approximate surface area is 113 Å². The molecular formula is CH2MgNa2O5. The van der Waals surface area contributed by atoms with E-state index in [2.05, 4.69) is 0 Å². The van der Waals surface area contributed by atoms with Crippen LogP contribution in [0.4, 0.5) is 4.79 Å². The Balaban J connectivity index is -0.00000000450. The van der Waals surface area contributed by atoms with E-state index in [0.717, 1.165) is 0 Å². The molecular weight excluding hydrogens is 162 g/mol. The van der Waals surface area contributed by atoms with E-state index in [1.54, 1.807) is 0 Å². The van der Waals surface area contributed by atoms with Crippen molar-refractivity contribution in [3.05, 3.63) is 0 Å². The molecule has 0 aromatic heterocycles. The average Bonchev–Trinajstić information content (AvgIpc) is 0.811. The second-order valence-corrected chi connectivity index (χ2v) is 0.250. The van der Waals surface area contributed by atoms with Gasteiger partial charge >= 0.3 is 82.2 Å². The summed E-state index contributed by atoms with van der Waals surface area (Å²) in [4.78, 5) is 8.33. The van der Waals surface area contributed by atoms with Crippen molar-refractivity contribution in [1.82, 2.24) is 0 Å². The van der Waals surface area contributed by atoms with Crippen molar-refractivity contribution in [3.8, 4) is 0 Å². The van der Waals surface area contributed by atoms with Crippen LogP contribution in [0.15, 0.2) is 0 Å². The normalized spacial score (nSPS) is 2.67. The standard InChI is InChI=1S/CH2O3.Mg.2Na.2H2O/c2-1(3)4;;;;;/h(H2,2,3,4);;;;2*1H2/q;+2;2*+1;;/p-4. The summed E-state index contributed by atoms with van der Waals surface area (Å²) in [6.07, 6.45) is -2.33. The quantitative estimate of drug-likeness (QED) is 0.329. The van der Waals surface area contributed by atoms with E-state index in [4.69, 9.17) is 15.0 Å². The van der Waals surface area contributed by atoms with Gasteiger partial charge in [0.25, 0.3) is 0 Å². The summed E-state index contributed by atoms with van der Waals surface area (Å²) < 4.78 is 0. The van der Waals surface area contributed by atoms with Crippen LogP contribution in [-0.2, 0) is 0 Å². The Morgan fingerprint density at radius 2 is 1.00 bits per heavy atom. The number of hydrogen-bond acceptors (Lipinski definition) is 5. The smallest absolute Gasteiger partial charge is 0.870 e. The molecule has 0 aliphatic heterocycles. The number of hydrogen-bond donors (Lipinski definition) is 0. The molecule has 0 rings (SSSR count). The molecule has 0 aromatic rings. The molecule has 0 saturated heterocycles. The van der Waals surface area contributed by atoms with Gasteiger partial charge in [0.2, 0.25) is 0 Å². The topological polar surface area (TPSA) is 123 Å². The maximum absolute atomic E-state index is 8.33. The fourth-order valence-electron chi connectivity index (χ4n) is 0. The zero-order chi connectivity index (χ0) is 3.58. The predicted octanol–water partition coefficient (Wildman–Crippen LogP) is -9.17. The molecule has 0 atom stereocenters. The van der Waals surface area contributed by atoms with Gasteiger partial charge in [0, 0.05) is 0 Å². The first-order valence-electron chi connectivity index (χ1n) is 0.612. The van der Waals surface area contributed by atoms with Gasteiger partial charge in [-0.2, -0.15) is 0 Å². The van der Waals surface area contributed by atoms with Crippen molar-refractivity contribution in [2.75, 3.05) is 0 Å². The number of carboxylic acid groups (broad SMARTS) is 2. The third-order valence-electron chi connectivity index (χ3n) is 0. The van der Waals surface area contributed by atoms with E-state index in [1.165, 1.54) is 0 Å². The van der Waals surface area contributed by atoms with Gasteiger partial charge < -0.3 is 26.0 Å². The van der Waals surface area contributed by atoms with E-state index >= 15 is 0 Å². The second kappa shape index (κ2) is 32.5. The van der Waals surface area contributed by atoms with E-state index < -0.39 is 6.16 Å². The molecule has 0 unspecified atom stereocenters. The van der Waals surface area contributed by atoms with Gasteiger partial charge in [0.1, 0.15) is 0 Å². The summed E-state index contributed by atoms with van der Waals surface area (Å²) in [5.74, 6) is 0. The van der Waals surface area contributed by atoms with Gasteiger partial charge in [-0.1, -0.05) is 0 Å². The Kier molecular flexibility index (Phi) is 160. The zero-order valence-electron chi connectivity index (χ0n) is 5.33. The van der Waals surface area contributed by atoms with Crippen molar-refractivity contribution in [3.63, 3.8) is 0 Å². The SMILES string of the molecule is O=C([O-])[O-].[Mg+2].[Na+].[Na+].[OH-].[OH-]. The number of carbonyl (C=O) groups is 1. The summed E-state index contributed by atoms with van der Waals surface area (Å²) in [5.41, 5.74) is 0. The van der Waals surface area contributed by atoms with Crippen LogP contribution in [-0.4, -0.2) is 40.2 Å². The molecule has 0 amide bonds. The third-order valence-corrected chi connectivity index (χ3v) is 0. The summed E-state index contributed by atoms with van der Waals surface area (Å²) in [5, 5.41) is 16.7. The summed E-state index contributed by atoms with van der Waals surface area (Å²) in [6, 6.07) is 0. The van der Waals surface area contributed by atoms with Crippen LogP contribution in [0.5, 0.6) is 0 Å². The molecule has 0 saturated carbocycles. The molecule has 40 valence electrons. The molecule has 0 heterocycles. The molecule has 0 radical (unpaired) electrons. The van der Waals surface area contributed by atoms with E-state index in [1.807, 2.05) is 0 Å². The second-order valence-electron chi connectivity index (χ2n) is 0.250. The Bertz CT molecular complexity index is 37.9. The van der Waals surface area contributed by atoms with Gasteiger partial charge in [-0.25, -0.2) is 0 Å². The molecule has 0 aromatic carbocycles. The first kappa shape index (κ1) is 44.2. The Morgan fingerprint density at radius 1 is 1.00 bits per heavy atom. The van der Waals surface area contributed by atoms with E-state index in [0.29, 0.717) is 0 Å². The van der Waals surface area contributed by atoms with Crippen LogP contribution in [0, 0.1) is 0 Å². The van der Waals surface area contributed by atoms with Gasteiger partial charge in [0.15, 0.2) is 0 Å². The van der Waals surface area contributed by atoms with Crippen LogP contribution in [0.2, 0.25) is 0 Å². The maximum atomic E-state index is 8.33. The van der Waals surface area contributed by atoms with Gasteiger partial charge in [-0.05, 0) is 6.16 Å². The molecule has 0 aliphatic rings. The monoisotopic (exact) mass is 164 g/mol. The third kappa shape index (κ3) is 165. The fourth-order valence-corrected chi connectivity index (χ4v) is 0. The van der Waals surface area contributed by atoms with Crippen LogP contribution in [0.1, 0.15) is 0 Å². The summed E-state index contributed by atoms with van der Waals surface area (Å²) in [7, 11) is 0. The molecule has 0 bridgehead atoms. The van der Waals surface area contributed by atoms with Crippen LogP contribution in [0.25, 0.3) is 0 Å². The number of carbonyl (C=O) groups excluding carboxylic acids is 1. The molecule has 0 fully saturated rings. The molecule has 2 N–H and O–H groups in total. The average molecular weight is 164 g/mol. The van der Waals surface area contributed by atoms with Gasteiger partial charge in [0.05, 0.1) is 0 Å². The summed E-state index contributed by atoms with van der Waals surface area (Å²) in [6.45, 7) is 0. The van der Waals surface area contributed by atoms with Crippen molar-refractivity contribution in [2.45, 2.75) is 0 Å².